The molecule has 3 heterocycles. The van der Waals surface area contributed by atoms with E-state index in [0.717, 1.165) is 18.8 Å². The van der Waals surface area contributed by atoms with Gasteiger partial charge in [0.2, 0.25) is 0 Å². The van der Waals surface area contributed by atoms with E-state index < -0.39 is 17.7 Å². The number of aryl methyl sites for hydroxylation is 1. The van der Waals surface area contributed by atoms with E-state index in [-0.39, 0.29) is 17.2 Å². The summed E-state index contributed by atoms with van der Waals surface area (Å²) in [4.78, 5) is 30.0. The molecule has 0 saturated carbocycles. The maximum Gasteiger partial charge on any atom is 0.301 e. The van der Waals surface area contributed by atoms with Crippen molar-refractivity contribution in [2.24, 2.45) is 0 Å². The highest BCUT2D eigenvalue weighted by atomic mass is 16.5. The van der Waals surface area contributed by atoms with Gasteiger partial charge in [-0.2, -0.15) is 5.10 Å². The molecule has 2 aromatic carbocycles. The van der Waals surface area contributed by atoms with E-state index in [2.05, 4.69) is 15.1 Å². The molecule has 9 heteroatoms. The molecule has 0 aliphatic carbocycles. The quantitative estimate of drug-likeness (QED) is 0.333. The SMILES string of the molecule is COc1ccc(C2/C(=C(/O)c3ccc(N4CCOCC4)cc3)C(=O)C(=O)N2c2ccc(C)nn2)cc1. The molecule has 3 aromatic rings. The lowest BCUT2D eigenvalue weighted by molar-refractivity contribution is -0.132. The molecular formula is C27H26N4O5. The number of rotatable bonds is 5. The van der Waals surface area contributed by atoms with E-state index in [4.69, 9.17) is 9.47 Å². The molecule has 1 atom stereocenters. The van der Waals surface area contributed by atoms with Crippen molar-refractivity contribution < 1.29 is 24.2 Å². The zero-order valence-corrected chi connectivity index (χ0v) is 20.0. The number of benzene rings is 2. The van der Waals surface area contributed by atoms with Crippen LogP contribution in [0.5, 0.6) is 5.75 Å². The lowest BCUT2D eigenvalue weighted by atomic mass is 9.95. The number of carbonyl (C=O) groups excluding carboxylic acids is 2. The van der Waals surface area contributed by atoms with Crippen molar-refractivity contribution >= 4 is 29.0 Å². The highest BCUT2D eigenvalue weighted by Gasteiger charge is 2.47. The number of aliphatic hydroxyl groups is 1. The number of ketones is 1. The van der Waals surface area contributed by atoms with Crippen molar-refractivity contribution in [1.82, 2.24) is 10.2 Å². The van der Waals surface area contributed by atoms with Crippen LogP contribution in [0.25, 0.3) is 5.76 Å². The third-order valence-electron chi connectivity index (χ3n) is 6.42. The number of hydrogen-bond donors (Lipinski definition) is 1. The van der Waals surface area contributed by atoms with Gasteiger partial charge in [0.25, 0.3) is 5.78 Å². The van der Waals surface area contributed by atoms with Crippen molar-refractivity contribution in [3.05, 3.63) is 83.1 Å². The van der Waals surface area contributed by atoms with E-state index in [1.807, 2.05) is 12.1 Å². The fraction of sp³-hybridized carbons (Fsp3) is 0.259. The van der Waals surface area contributed by atoms with Crippen molar-refractivity contribution in [1.29, 1.82) is 0 Å². The van der Waals surface area contributed by atoms with Gasteiger partial charge in [0.15, 0.2) is 5.82 Å². The Morgan fingerprint density at radius 1 is 0.972 bits per heavy atom. The molecule has 1 amide bonds. The summed E-state index contributed by atoms with van der Waals surface area (Å²) >= 11 is 0. The number of carbonyl (C=O) groups is 2. The summed E-state index contributed by atoms with van der Waals surface area (Å²) in [5.41, 5.74) is 2.74. The number of methoxy groups -OCH3 is 1. The Hall–Kier alpha value is -4.24. The Morgan fingerprint density at radius 2 is 1.67 bits per heavy atom. The Bertz CT molecular complexity index is 1300. The molecule has 2 fully saturated rings. The van der Waals surface area contributed by atoms with E-state index in [1.165, 1.54) is 4.90 Å². The maximum atomic E-state index is 13.3. The smallest absolute Gasteiger partial charge is 0.301 e. The summed E-state index contributed by atoms with van der Waals surface area (Å²) in [5, 5.41) is 19.5. The van der Waals surface area contributed by atoms with Crippen LogP contribution in [0.3, 0.4) is 0 Å². The molecule has 2 aliphatic rings. The predicted octanol–water partition coefficient (Wildman–Crippen LogP) is 3.26. The topological polar surface area (TPSA) is 105 Å². The fourth-order valence-electron chi connectivity index (χ4n) is 4.50. The van der Waals surface area contributed by atoms with Gasteiger partial charge in [0.05, 0.1) is 37.6 Å². The molecule has 5 rings (SSSR count). The number of ether oxygens (including phenoxy) is 2. The molecule has 9 nitrogen and oxygen atoms in total. The van der Waals surface area contributed by atoms with E-state index in [0.29, 0.717) is 35.8 Å². The van der Waals surface area contributed by atoms with E-state index in [9.17, 15) is 14.7 Å². The third-order valence-corrected chi connectivity index (χ3v) is 6.42. The number of Topliss-reactive ketones (excluding diaryl/α,β-unsaturated/α-hetero) is 1. The van der Waals surface area contributed by atoms with Gasteiger partial charge >= 0.3 is 5.91 Å². The molecule has 0 radical (unpaired) electrons. The Morgan fingerprint density at radius 3 is 2.28 bits per heavy atom. The minimum Gasteiger partial charge on any atom is -0.507 e. The van der Waals surface area contributed by atoms with Crippen LogP contribution in [0.15, 0.2) is 66.2 Å². The largest absolute Gasteiger partial charge is 0.507 e. The summed E-state index contributed by atoms with van der Waals surface area (Å²) in [6, 6.07) is 16.8. The molecule has 2 saturated heterocycles. The summed E-state index contributed by atoms with van der Waals surface area (Å²) in [5.74, 6) is -0.951. The van der Waals surface area contributed by atoms with Crippen molar-refractivity contribution in [2.45, 2.75) is 13.0 Å². The van der Waals surface area contributed by atoms with Gasteiger partial charge < -0.3 is 19.5 Å². The van der Waals surface area contributed by atoms with E-state index in [1.54, 1.807) is 62.6 Å². The van der Waals surface area contributed by atoms with E-state index >= 15 is 0 Å². The predicted molar refractivity (Wildman–Crippen MR) is 134 cm³/mol. The zero-order chi connectivity index (χ0) is 25.2. The number of anilines is 2. The number of amides is 1. The van der Waals surface area contributed by atoms with Crippen molar-refractivity contribution in [3.8, 4) is 5.75 Å². The third kappa shape index (κ3) is 4.29. The second-order valence-corrected chi connectivity index (χ2v) is 8.62. The summed E-state index contributed by atoms with van der Waals surface area (Å²) in [6.07, 6.45) is 0. The first kappa shape index (κ1) is 23.5. The minimum absolute atomic E-state index is 0.00772. The molecule has 1 N–H and O–H groups in total. The minimum atomic E-state index is -0.883. The summed E-state index contributed by atoms with van der Waals surface area (Å²) in [6.45, 7) is 4.67. The van der Waals surface area contributed by atoms with Crippen LogP contribution >= 0.6 is 0 Å². The molecule has 184 valence electrons. The van der Waals surface area contributed by atoms with Crippen LogP contribution in [0, 0.1) is 6.92 Å². The molecule has 0 spiro atoms. The number of nitrogens with zero attached hydrogens (tertiary/aromatic N) is 4. The van der Waals surface area contributed by atoms with Crippen LogP contribution in [0.4, 0.5) is 11.5 Å². The Labute approximate surface area is 208 Å². The van der Waals surface area contributed by atoms with Crippen molar-refractivity contribution in [3.63, 3.8) is 0 Å². The average molecular weight is 487 g/mol. The van der Waals surface area contributed by atoms with Gasteiger partial charge in [-0.05, 0) is 61.0 Å². The van der Waals surface area contributed by atoms with Crippen LogP contribution < -0.4 is 14.5 Å². The van der Waals surface area contributed by atoms with Gasteiger partial charge in [-0.15, -0.1) is 5.10 Å². The Balaban J connectivity index is 1.59. The van der Waals surface area contributed by atoms with Gasteiger partial charge in [-0.3, -0.25) is 14.5 Å². The van der Waals surface area contributed by atoms with Crippen molar-refractivity contribution in [2.75, 3.05) is 43.2 Å². The number of hydrogen-bond acceptors (Lipinski definition) is 8. The monoisotopic (exact) mass is 486 g/mol. The molecule has 1 unspecified atom stereocenters. The lowest BCUT2D eigenvalue weighted by Gasteiger charge is -2.29. The number of aromatic nitrogens is 2. The van der Waals surface area contributed by atoms with Gasteiger partial charge in [0.1, 0.15) is 11.5 Å². The molecular weight excluding hydrogens is 460 g/mol. The first-order valence-corrected chi connectivity index (χ1v) is 11.7. The Kier molecular flexibility index (Phi) is 6.39. The first-order chi connectivity index (χ1) is 17.5. The van der Waals surface area contributed by atoms with Crippen LogP contribution in [-0.4, -0.2) is 60.4 Å². The highest BCUT2D eigenvalue weighted by Crippen LogP contribution is 2.42. The average Bonchev–Trinajstić information content (AvgIpc) is 3.19. The van der Waals surface area contributed by atoms with Crippen LogP contribution in [-0.2, 0) is 14.3 Å². The number of aliphatic hydroxyl groups excluding tert-OH is 1. The fourth-order valence-corrected chi connectivity index (χ4v) is 4.50. The molecule has 0 bridgehead atoms. The van der Waals surface area contributed by atoms with Gasteiger partial charge in [0, 0.05) is 24.3 Å². The first-order valence-electron chi connectivity index (χ1n) is 11.7. The lowest BCUT2D eigenvalue weighted by Crippen LogP contribution is -2.36. The normalized spacial score (nSPS) is 19.6. The van der Waals surface area contributed by atoms with Gasteiger partial charge in [-0.1, -0.05) is 12.1 Å². The maximum absolute atomic E-state index is 13.3. The van der Waals surface area contributed by atoms with Crippen LogP contribution in [0.2, 0.25) is 0 Å². The van der Waals surface area contributed by atoms with Crippen LogP contribution in [0.1, 0.15) is 22.9 Å². The summed E-state index contributed by atoms with van der Waals surface area (Å²) in [7, 11) is 1.56. The standard InChI is InChI=1S/C27H26N4O5/c1-17-3-12-22(29-28-17)31-24(18-6-10-21(35-2)11-7-18)23(26(33)27(31)34)25(32)19-4-8-20(9-5-19)30-13-15-36-16-14-30/h3-12,24,32H,13-16H2,1-2H3/b25-23-. The zero-order valence-electron chi connectivity index (χ0n) is 20.0. The van der Waals surface area contributed by atoms with Gasteiger partial charge in [-0.25, -0.2) is 0 Å². The highest BCUT2D eigenvalue weighted by molar-refractivity contribution is 6.51. The summed E-state index contributed by atoms with van der Waals surface area (Å²) < 4.78 is 10.7. The molecule has 1 aromatic heterocycles. The molecule has 36 heavy (non-hydrogen) atoms. The number of morpholine rings is 1. The second kappa shape index (κ2) is 9.79. The second-order valence-electron chi connectivity index (χ2n) is 8.62. The molecule has 2 aliphatic heterocycles.